The van der Waals surface area contributed by atoms with Crippen molar-refractivity contribution in [1.82, 2.24) is 14.7 Å². The fraction of sp³-hybridized carbons (Fsp3) is 0.179. The second-order valence-electron chi connectivity index (χ2n) is 8.43. The number of nitrogens with one attached hydrogen (secondary N) is 1. The Bertz CT molecular complexity index is 1550. The van der Waals surface area contributed by atoms with E-state index in [4.69, 9.17) is 9.47 Å². The Kier molecular flexibility index (Phi) is 7.54. The van der Waals surface area contributed by atoms with Gasteiger partial charge in [-0.3, -0.25) is 4.79 Å². The van der Waals surface area contributed by atoms with Gasteiger partial charge in [0.05, 0.1) is 12.3 Å². The van der Waals surface area contributed by atoms with E-state index >= 15 is 0 Å². The average Bonchev–Trinajstić information content (AvgIpc) is 2.86. The van der Waals surface area contributed by atoms with E-state index in [0.717, 1.165) is 22.4 Å². The Labute approximate surface area is 216 Å². The Balaban J connectivity index is 1.72. The number of hydrogen-bond acceptors (Lipinski definition) is 7. The summed E-state index contributed by atoms with van der Waals surface area (Å²) >= 11 is 0. The fourth-order valence-corrected chi connectivity index (χ4v) is 4.64. The molecule has 8 nitrogen and oxygen atoms in total. The fourth-order valence-electron chi connectivity index (χ4n) is 3.66. The first-order chi connectivity index (χ1) is 17.7. The highest BCUT2D eigenvalue weighted by atomic mass is 32.2. The number of ether oxygens (including phenoxy) is 2. The van der Waals surface area contributed by atoms with Crippen LogP contribution < -0.4 is 14.2 Å². The maximum atomic E-state index is 13.2. The molecule has 190 valence electrons. The largest absolute Gasteiger partial charge is 0.494 e. The van der Waals surface area contributed by atoms with Gasteiger partial charge in [0.2, 0.25) is 5.88 Å². The monoisotopic (exact) mass is 517 g/mol. The number of carbonyl (C=O) groups is 1. The van der Waals surface area contributed by atoms with Gasteiger partial charge < -0.3 is 9.47 Å². The van der Waals surface area contributed by atoms with Crippen LogP contribution in [0.15, 0.2) is 77.8 Å². The van der Waals surface area contributed by atoms with E-state index in [0.29, 0.717) is 23.7 Å². The topological polar surface area (TPSA) is 107 Å². The molecule has 2 heterocycles. The van der Waals surface area contributed by atoms with Crippen molar-refractivity contribution in [2.24, 2.45) is 0 Å². The number of rotatable bonds is 8. The van der Waals surface area contributed by atoms with Gasteiger partial charge in [0.25, 0.3) is 15.9 Å². The van der Waals surface area contributed by atoms with Crippen LogP contribution in [-0.2, 0) is 10.0 Å². The zero-order valence-corrected chi connectivity index (χ0v) is 21.8. The minimum absolute atomic E-state index is 0.0248. The van der Waals surface area contributed by atoms with Gasteiger partial charge in [0.1, 0.15) is 17.1 Å². The summed E-state index contributed by atoms with van der Waals surface area (Å²) in [5, 5.41) is -0.253. The lowest BCUT2D eigenvalue weighted by Gasteiger charge is -2.14. The Morgan fingerprint density at radius 3 is 2.35 bits per heavy atom. The minimum atomic E-state index is -4.21. The maximum Gasteiger partial charge on any atom is 0.281 e. The van der Waals surface area contributed by atoms with E-state index < -0.39 is 15.9 Å². The van der Waals surface area contributed by atoms with Crippen molar-refractivity contribution >= 4 is 15.9 Å². The van der Waals surface area contributed by atoms with Crippen molar-refractivity contribution in [3.8, 4) is 28.6 Å². The molecular weight excluding hydrogens is 490 g/mol. The third kappa shape index (κ3) is 6.13. The number of hydrogen-bond donors (Lipinski definition) is 1. The van der Waals surface area contributed by atoms with Gasteiger partial charge in [-0.2, -0.15) is 8.42 Å². The molecule has 0 fully saturated rings. The van der Waals surface area contributed by atoms with Crippen LogP contribution in [0.25, 0.3) is 11.3 Å². The van der Waals surface area contributed by atoms with E-state index in [-0.39, 0.29) is 16.5 Å². The second kappa shape index (κ2) is 10.8. The predicted molar refractivity (Wildman–Crippen MR) is 140 cm³/mol. The third-order valence-corrected chi connectivity index (χ3v) is 6.70. The molecule has 4 aromatic rings. The first-order valence-corrected chi connectivity index (χ1v) is 13.1. The standard InChI is InChI=1S/C28H27N3O5S/c1-5-35-22-12-10-21(11-13-22)24-15-14-23(28(30-24)36-25-16-9-18(2)17-19(25)3)27(32)31-37(33,34)26-8-6-7-20(4)29-26/h6-17H,5H2,1-4H3,(H,31,32). The van der Waals surface area contributed by atoms with Crippen molar-refractivity contribution in [1.29, 1.82) is 0 Å². The van der Waals surface area contributed by atoms with Gasteiger partial charge in [-0.15, -0.1) is 0 Å². The first-order valence-electron chi connectivity index (χ1n) is 11.7. The lowest BCUT2D eigenvalue weighted by atomic mass is 10.1. The van der Waals surface area contributed by atoms with Crippen molar-refractivity contribution in [3.05, 3.63) is 95.2 Å². The van der Waals surface area contributed by atoms with Crippen molar-refractivity contribution < 1.29 is 22.7 Å². The smallest absolute Gasteiger partial charge is 0.281 e. The summed E-state index contributed by atoms with van der Waals surface area (Å²) < 4.78 is 39.3. The Hall–Kier alpha value is -4.24. The van der Waals surface area contributed by atoms with Gasteiger partial charge in [-0.25, -0.2) is 14.7 Å². The molecule has 0 aliphatic rings. The molecule has 0 unspecified atom stereocenters. The van der Waals surface area contributed by atoms with Crippen LogP contribution in [0, 0.1) is 20.8 Å². The molecule has 0 saturated heterocycles. The highest BCUT2D eigenvalue weighted by Crippen LogP contribution is 2.30. The first kappa shape index (κ1) is 25.8. The van der Waals surface area contributed by atoms with Crippen LogP contribution in [0.4, 0.5) is 0 Å². The SMILES string of the molecule is CCOc1ccc(-c2ccc(C(=O)NS(=O)(=O)c3cccc(C)n3)c(Oc3ccc(C)cc3C)n2)cc1. The molecule has 2 aromatic carbocycles. The van der Waals surface area contributed by atoms with E-state index in [1.54, 1.807) is 31.2 Å². The summed E-state index contributed by atoms with van der Waals surface area (Å²) in [6.07, 6.45) is 0. The number of carbonyl (C=O) groups excluding carboxylic acids is 1. The average molecular weight is 518 g/mol. The van der Waals surface area contributed by atoms with Crippen LogP contribution >= 0.6 is 0 Å². The Morgan fingerprint density at radius 1 is 0.919 bits per heavy atom. The molecule has 0 aliphatic carbocycles. The summed E-state index contributed by atoms with van der Waals surface area (Å²) in [6.45, 7) is 7.97. The predicted octanol–water partition coefficient (Wildman–Crippen LogP) is 5.38. The van der Waals surface area contributed by atoms with E-state index in [1.807, 2.05) is 57.2 Å². The van der Waals surface area contributed by atoms with Gasteiger partial charge >= 0.3 is 0 Å². The molecule has 1 N–H and O–H groups in total. The van der Waals surface area contributed by atoms with Crippen LogP contribution in [0.2, 0.25) is 0 Å². The quantitative estimate of drug-likeness (QED) is 0.334. The lowest BCUT2D eigenvalue weighted by Crippen LogP contribution is -2.31. The number of nitrogens with zero attached hydrogens (tertiary/aromatic N) is 2. The summed E-state index contributed by atoms with van der Waals surface area (Å²) in [4.78, 5) is 21.8. The minimum Gasteiger partial charge on any atom is -0.494 e. The lowest BCUT2D eigenvalue weighted by molar-refractivity contribution is 0.0978. The number of pyridine rings is 2. The van der Waals surface area contributed by atoms with Crippen molar-refractivity contribution in [3.63, 3.8) is 0 Å². The maximum absolute atomic E-state index is 13.2. The van der Waals surface area contributed by atoms with Crippen LogP contribution in [0.1, 0.15) is 34.1 Å². The number of amides is 1. The number of sulfonamides is 1. The zero-order chi connectivity index (χ0) is 26.6. The van der Waals surface area contributed by atoms with E-state index in [2.05, 4.69) is 14.7 Å². The van der Waals surface area contributed by atoms with Crippen molar-refractivity contribution in [2.45, 2.75) is 32.7 Å². The van der Waals surface area contributed by atoms with Gasteiger partial charge in [-0.05, 0) is 87.9 Å². The Morgan fingerprint density at radius 2 is 1.68 bits per heavy atom. The highest BCUT2D eigenvalue weighted by molar-refractivity contribution is 7.90. The molecule has 0 spiro atoms. The number of aromatic nitrogens is 2. The highest BCUT2D eigenvalue weighted by Gasteiger charge is 2.24. The molecule has 0 bridgehead atoms. The normalized spacial score (nSPS) is 11.1. The molecule has 0 radical (unpaired) electrons. The number of benzene rings is 2. The third-order valence-electron chi connectivity index (χ3n) is 5.47. The molecule has 1 amide bonds. The van der Waals surface area contributed by atoms with E-state index in [1.165, 1.54) is 12.1 Å². The van der Waals surface area contributed by atoms with Crippen LogP contribution in [0.5, 0.6) is 17.4 Å². The summed E-state index contributed by atoms with van der Waals surface area (Å²) in [7, 11) is -4.21. The molecule has 0 atom stereocenters. The number of aryl methyl sites for hydroxylation is 3. The molecule has 2 aromatic heterocycles. The molecule has 0 aliphatic heterocycles. The molecule has 37 heavy (non-hydrogen) atoms. The van der Waals surface area contributed by atoms with Gasteiger partial charge in [0.15, 0.2) is 5.03 Å². The van der Waals surface area contributed by atoms with E-state index in [9.17, 15) is 13.2 Å². The zero-order valence-electron chi connectivity index (χ0n) is 21.0. The van der Waals surface area contributed by atoms with Crippen LogP contribution in [-0.4, -0.2) is 30.9 Å². The van der Waals surface area contributed by atoms with Gasteiger partial charge in [0, 0.05) is 11.3 Å². The van der Waals surface area contributed by atoms with Crippen molar-refractivity contribution in [2.75, 3.05) is 6.61 Å². The molecule has 0 saturated carbocycles. The molecular formula is C28H27N3O5S. The summed E-state index contributed by atoms with van der Waals surface area (Å²) in [5.41, 5.74) is 3.69. The summed E-state index contributed by atoms with van der Waals surface area (Å²) in [6, 6.07) is 20.6. The van der Waals surface area contributed by atoms with Gasteiger partial charge in [-0.1, -0.05) is 23.8 Å². The molecule has 9 heteroatoms. The summed E-state index contributed by atoms with van der Waals surface area (Å²) in [5.74, 6) is 0.320. The second-order valence-corrected chi connectivity index (χ2v) is 10.1. The van der Waals surface area contributed by atoms with Crippen LogP contribution in [0.3, 0.4) is 0 Å². The molecule has 4 rings (SSSR count).